The van der Waals surface area contributed by atoms with Crippen LogP contribution in [0, 0.1) is 0 Å². The Morgan fingerprint density at radius 1 is 1.15 bits per heavy atom. The summed E-state index contributed by atoms with van der Waals surface area (Å²) in [5, 5.41) is 0.659. The Hall–Kier alpha value is -2.53. The molecular weight excluding hydrogens is 364 g/mol. The van der Waals surface area contributed by atoms with Gasteiger partial charge in [0.1, 0.15) is 12.4 Å². The molecule has 1 aliphatic rings. The molecule has 0 atom stereocenters. The summed E-state index contributed by atoms with van der Waals surface area (Å²) in [6, 6.07) is 14.6. The molecule has 6 heteroatoms. The van der Waals surface area contributed by atoms with Gasteiger partial charge in [-0.3, -0.25) is 9.59 Å². The quantitative estimate of drug-likeness (QED) is 0.730. The highest BCUT2D eigenvalue weighted by atomic mass is 35.5. The molecule has 3 rings (SSSR count). The molecule has 2 aromatic carbocycles. The van der Waals surface area contributed by atoms with E-state index in [1.165, 1.54) is 0 Å². The zero-order chi connectivity index (χ0) is 19.2. The molecule has 0 N–H and O–H groups in total. The lowest BCUT2D eigenvalue weighted by Gasteiger charge is -2.18. The van der Waals surface area contributed by atoms with Crippen molar-refractivity contribution in [3.8, 4) is 5.75 Å². The van der Waals surface area contributed by atoms with Crippen LogP contribution < -0.4 is 4.74 Å². The zero-order valence-corrected chi connectivity index (χ0v) is 16.1. The SMILES string of the molecule is CN(CCOc1ccc(Cl)cc1)C(=O)c1ccc(CN2CCCC2=O)cc1. The Morgan fingerprint density at radius 2 is 1.85 bits per heavy atom. The van der Waals surface area contributed by atoms with Gasteiger partial charge >= 0.3 is 0 Å². The van der Waals surface area contributed by atoms with E-state index in [-0.39, 0.29) is 11.8 Å². The fourth-order valence-electron chi connectivity index (χ4n) is 3.00. The highest BCUT2D eigenvalue weighted by Crippen LogP contribution is 2.16. The summed E-state index contributed by atoms with van der Waals surface area (Å²) >= 11 is 5.84. The van der Waals surface area contributed by atoms with Gasteiger partial charge in [0.15, 0.2) is 0 Å². The van der Waals surface area contributed by atoms with E-state index in [1.807, 2.05) is 29.2 Å². The lowest BCUT2D eigenvalue weighted by atomic mass is 10.1. The van der Waals surface area contributed by atoms with Crippen LogP contribution in [0.2, 0.25) is 5.02 Å². The van der Waals surface area contributed by atoms with Gasteiger partial charge in [0.2, 0.25) is 5.91 Å². The number of likely N-dealkylation sites (tertiary alicyclic amines) is 1. The molecule has 2 aromatic rings. The Balaban J connectivity index is 1.48. The second kappa shape index (κ2) is 8.91. The highest BCUT2D eigenvalue weighted by Gasteiger charge is 2.20. The van der Waals surface area contributed by atoms with Crippen molar-refractivity contribution in [3.05, 3.63) is 64.7 Å². The van der Waals surface area contributed by atoms with Gasteiger partial charge in [-0.15, -0.1) is 0 Å². The fourth-order valence-corrected chi connectivity index (χ4v) is 3.12. The van der Waals surface area contributed by atoms with Crippen LogP contribution >= 0.6 is 11.6 Å². The molecule has 2 amide bonds. The van der Waals surface area contributed by atoms with Crippen molar-refractivity contribution in [2.75, 3.05) is 26.7 Å². The Kier molecular flexibility index (Phi) is 6.35. The molecule has 142 valence electrons. The number of carbonyl (C=O) groups is 2. The molecule has 0 saturated carbocycles. The number of hydrogen-bond acceptors (Lipinski definition) is 3. The largest absolute Gasteiger partial charge is 0.492 e. The number of hydrogen-bond donors (Lipinski definition) is 0. The van der Waals surface area contributed by atoms with Crippen LogP contribution in [-0.4, -0.2) is 48.4 Å². The van der Waals surface area contributed by atoms with Crippen molar-refractivity contribution < 1.29 is 14.3 Å². The first kappa shape index (κ1) is 19.2. The topological polar surface area (TPSA) is 49.9 Å². The van der Waals surface area contributed by atoms with E-state index in [1.54, 1.807) is 36.2 Å². The average Bonchev–Trinajstić information content (AvgIpc) is 3.08. The van der Waals surface area contributed by atoms with Crippen LogP contribution in [0.3, 0.4) is 0 Å². The molecule has 1 saturated heterocycles. The van der Waals surface area contributed by atoms with E-state index in [2.05, 4.69) is 0 Å². The molecule has 0 unspecified atom stereocenters. The van der Waals surface area contributed by atoms with Crippen LogP contribution in [0.4, 0.5) is 0 Å². The second-order valence-electron chi connectivity index (χ2n) is 6.64. The van der Waals surface area contributed by atoms with Crippen molar-refractivity contribution in [1.29, 1.82) is 0 Å². The predicted molar refractivity (Wildman–Crippen MR) is 105 cm³/mol. The molecule has 27 heavy (non-hydrogen) atoms. The van der Waals surface area contributed by atoms with Crippen molar-refractivity contribution in [1.82, 2.24) is 9.80 Å². The third-order valence-corrected chi connectivity index (χ3v) is 4.85. The normalized spacial score (nSPS) is 13.7. The molecule has 0 aromatic heterocycles. The maximum absolute atomic E-state index is 12.5. The van der Waals surface area contributed by atoms with Gasteiger partial charge in [0.25, 0.3) is 5.91 Å². The van der Waals surface area contributed by atoms with Crippen molar-refractivity contribution >= 4 is 23.4 Å². The van der Waals surface area contributed by atoms with Gasteiger partial charge in [-0.2, -0.15) is 0 Å². The standard InChI is InChI=1S/C21H23ClN2O3/c1-23(13-14-27-19-10-8-18(22)9-11-19)21(26)17-6-4-16(5-7-17)15-24-12-2-3-20(24)25/h4-11H,2-3,12-15H2,1H3. The number of likely N-dealkylation sites (N-methyl/N-ethyl adjacent to an activating group) is 1. The van der Waals surface area contributed by atoms with Gasteiger partial charge in [-0.05, 0) is 48.4 Å². The molecule has 1 aliphatic heterocycles. The van der Waals surface area contributed by atoms with Gasteiger partial charge in [0, 0.05) is 37.1 Å². The molecule has 0 radical (unpaired) electrons. The number of benzene rings is 2. The monoisotopic (exact) mass is 386 g/mol. The first-order chi connectivity index (χ1) is 13.0. The van der Waals surface area contributed by atoms with Gasteiger partial charge in [0.05, 0.1) is 6.54 Å². The summed E-state index contributed by atoms with van der Waals surface area (Å²) in [4.78, 5) is 27.7. The first-order valence-electron chi connectivity index (χ1n) is 9.03. The molecule has 0 bridgehead atoms. The minimum atomic E-state index is -0.0569. The van der Waals surface area contributed by atoms with Gasteiger partial charge < -0.3 is 14.5 Å². The molecule has 0 spiro atoms. The van der Waals surface area contributed by atoms with Gasteiger partial charge in [-0.25, -0.2) is 0 Å². The molecule has 1 fully saturated rings. The number of amides is 2. The number of halogens is 1. The van der Waals surface area contributed by atoms with Crippen LogP contribution in [0.25, 0.3) is 0 Å². The third kappa shape index (κ3) is 5.23. The summed E-state index contributed by atoms with van der Waals surface area (Å²) in [5.41, 5.74) is 1.66. The van der Waals surface area contributed by atoms with Crippen LogP contribution in [0.15, 0.2) is 48.5 Å². The third-order valence-electron chi connectivity index (χ3n) is 4.60. The minimum absolute atomic E-state index is 0.0569. The molecule has 0 aliphatic carbocycles. The summed E-state index contributed by atoms with van der Waals surface area (Å²) in [5.74, 6) is 0.871. The Bertz CT molecular complexity index is 790. The summed E-state index contributed by atoms with van der Waals surface area (Å²) in [7, 11) is 1.75. The second-order valence-corrected chi connectivity index (χ2v) is 7.08. The zero-order valence-electron chi connectivity index (χ0n) is 15.4. The number of nitrogens with zero attached hydrogens (tertiary/aromatic N) is 2. The van der Waals surface area contributed by atoms with E-state index < -0.39 is 0 Å². The predicted octanol–water partition coefficient (Wildman–Crippen LogP) is 3.61. The maximum atomic E-state index is 12.5. The number of ether oxygens (including phenoxy) is 1. The molecule has 1 heterocycles. The molecule has 5 nitrogen and oxygen atoms in total. The summed E-state index contributed by atoms with van der Waals surface area (Å²) in [6.45, 7) is 2.30. The van der Waals surface area contributed by atoms with Crippen molar-refractivity contribution in [2.45, 2.75) is 19.4 Å². The Morgan fingerprint density at radius 3 is 2.48 bits per heavy atom. The van der Waals surface area contributed by atoms with Crippen LogP contribution in [0.5, 0.6) is 5.75 Å². The van der Waals surface area contributed by atoms with E-state index in [0.29, 0.717) is 36.7 Å². The van der Waals surface area contributed by atoms with Crippen molar-refractivity contribution in [3.63, 3.8) is 0 Å². The van der Waals surface area contributed by atoms with E-state index >= 15 is 0 Å². The maximum Gasteiger partial charge on any atom is 0.253 e. The lowest BCUT2D eigenvalue weighted by Crippen LogP contribution is -2.31. The van der Waals surface area contributed by atoms with E-state index in [9.17, 15) is 9.59 Å². The van der Waals surface area contributed by atoms with Crippen LogP contribution in [0.1, 0.15) is 28.8 Å². The summed E-state index contributed by atoms with van der Waals surface area (Å²) in [6.07, 6.45) is 1.57. The average molecular weight is 387 g/mol. The Labute approximate surface area is 164 Å². The van der Waals surface area contributed by atoms with E-state index in [0.717, 1.165) is 24.3 Å². The molecular formula is C21H23ClN2O3. The van der Waals surface area contributed by atoms with E-state index in [4.69, 9.17) is 16.3 Å². The number of carbonyl (C=O) groups excluding carboxylic acids is 2. The lowest BCUT2D eigenvalue weighted by molar-refractivity contribution is -0.128. The first-order valence-corrected chi connectivity index (χ1v) is 9.41. The van der Waals surface area contributed by atoms with Gasteiger partial charge in [-0.1, -0.05) is 23.7 Å². The highest BCUT2D eigenvalue weighted by molar-refractivity contribution is 6.30. The number of rotatable bonds is 7. The van der Waals surface area contributed by atoms with Crippen LogP contribution in [-0.2, 0) is 11.3 Å². The smallest absolute Gasteiger partial charge is 0.253 e. The minimum Gasteiger partial charge on any atom is -0.492 e. The fraction of sp³-hybridized carbons (Fsp3) is 0.333. The summed E-state index contributed by atoms with van der Waals surface area (Å²) < 4.78 is 5.63. The van der Waals surface area contributed by atoms with Crippen molar-refractivity contribution in [2.24, 2.45) is 0 Å².